The summed E-state index contributed by atoms with van der Waals surface area (Å²) in [5.74, 6) is 0. The summed E-state index contributed by atoms with van der Waals surface area (Å²) in [6.07, 6.45) is 10.9. The van der Waals surface area contributed by atoms with Crippen molar-refractivity contribution in [3.8, 4) is 0 Å². The quantitative estimate of drug-likeness (QED) is 0.475. The van der Waals surface area contributed by atoms with Crippen LogP contribution in [0.4, 0.5) is 0 Å². The molecule has 0 bridgehead atoms. The van der Waals surface area contributed by atoms with Gasteiger partial charge < -0.3 is 0 Å². The van der Waals surface area contributed by atoms with Gasteiger partial charge in [-0.15, -0.1) is 0 Å². The third-order valence-electron chi connectivity index (χ3n) is 2.17. The Kier molecular flexibility index (Phi) is 1.26. The zero-order chi connectivity index (χ0) is 6.97. The Bertz CT molecular complexity index is 239. The molecule has 2 aliphatic rings. The Morgan fingerprint density at radius 2 is 2.20 bits per heavy atom. The van der Waals surface area contributed by atoms with Gasteiger partial charge in [0.05, 0.1) is 0 Å². The van der Waals surface area contributed by atoms with Crippen LogP contribution in [0.25, 0.3) is 0 Å². The lowest BCUT2D eigenvalue weighted by molar-refractivity contribution is 0.812. The molecule has 0 aliphatic heterocycles. The van der Waals surface area contributed by atoms with Crippen LogP contribution in [0.2, 0.25) is 0 Å². The van der Waals surface area contributed by atoms with Crippen molar-refractivity contribution in [3.05, 3.63) is 34.9 Å². The second-order valence-corrected chi connectivity index (χ2v) is 3.11. The first kappa shape index (κ1) is 5.96. The molecule has 0 atom stereocenters. The van der Waals surface area contributed by atoms with Crippen LogP contribution in [-0.4, -0.2) is 0 Å². The molecule has 0 unspecified atom stereocenters. The monoisotopic (exact) mass is 132 g/mol. The fraction of sp³-hybridized carbons (Fsp3) is 0.400. The predicted molar refractivity (Wildman–Crippen MR) is 43.8 cm³/mol. The Hall–Kier alpha value is -0.780. The second-order valence-electron chi connectivity index (χ2n) is 3.11. The van der Waals surface area contributed by atoms with Crippen molar-refractivity contribution in [1.29, 1.82) is 0 Å². The van der Waals surface area contributed by atoms with Gasteiger partial charge in [-0.2, -0.15) is 0 Å². The van der Waals surface area contributed by atoms with Crippen molar-refractivity contribution in [3.63, 3.8) is 0 Å². The first-order valence-corrected chi connectivity index (χ1v) is 3.96. The smallest absolute Gasteiger partial charge is 0.0262 e. The van der Waals surface area contributed by atoms with E-state index in [1.54, 1.807) is 5.57 Å². The number of fused-ring (bicyclic) bond motifs is 1. The highest BCUT2D eigenvalue weighted by Crippen LogP contribution is 2.31. The van der Waals surface area contributed by atoms with Gasteiger partial charge in [0.1, 0.15) is 0 Å². The maximum Gasteiger partial charge on any atom is -0.0262 e. The molecular weight excluding hydrogens is 120 g/mol. The number of rotatable bonds is 0. The van der Waals surface area contributed by atoms with E-state index >= 15 is 0 Å². The topological polar surface area (TPSA) is 0 Å². The van der Waals surface area contributed by atoms with Gasteiger partial charge in [0.15, 0.2) is 0 Å². The van der Waals surface area contributed by atoms with Crippen molar-refractivity contribution < 1.29 is 0 Å². The lowest BCUT2D eigenvalue weighted by Crippen LogP contribution is -1.90. The highest BCUT2D eigenvalue weighted by atomic mass is 14.2. The zero-order valence-electron chi connectivity index (χ0n) is 6.35. The first-order valence-electron chi connectivity index (χ1n) is 3.96. The summed E-state index contributed by atoms with van der Waals surface area (Å²) < 4.78 is 0. The third kappa shape index (κ3) is 0.841. The summed E-state index contributed by atoms with van der Waals surface area (Å²) in [4.78, 5) is 0. The minimum absolute atomic E-state index is 1.27. The number of hydrogen-bond donors (Lipinski definition) is 0. The summed E-state index contributed by atoms with van der Waals surface area (Å²) in [6, 6.07) is 0. The molecule has 0 spiro atoms. The normalized spacial score (nSPS) is 23.1. The summed E-state index contributed by atoms with van der Waals surface area (Å²) in [7, 11) is 0. The molecule has 0 aromatic rings. The Labute approximate surface area is 61.9 Å². The van der Waals surface area contributed by atoms with Crippen LogP contribution in [0.5, 0.6) is 0 Å². The van der Waals surface area contributed by atoms with Gasteiger partial charge in [-0.3, -0.25) is 0 Å². The van der Waals surface area contributed by atoms with E-state index in [9.17, 15) is 0 Å². The lowest BCUT2D eigenvalue weighted by Gasteiger charge is -2.09. The molecule has 0 nitrogen and oxygen atoms in total. The molecule has 0 N–H and O–H groups in total. The van der Waals surface area contributed by atoms with Gasteiger partial charge in [0, 0.05) is 0 Å². The van der Waals surface area contributed by atoms with Crippen molar-refractivity contribution in [2.24, 2.45) is 0 Å². The SMILES string of the molecule is CC1=CC2=CCCCC2=C1. The van der Waals surface area contributed by atoms with E-state index in [-0.39, 0.29) is 0 Å². The van der Waals surface area contributed by atoms with E-state index in [1.165, 1.54) is 30.4 Å². The van der Waals surface area contributed by atoms with Gasteiger partial charge in [0.25, 0.3) is 0 Å². The molecule has 0 aromatic carbocycles. The maximum atomic E-state index is 2.35. The van der Waals surface area contributed by atoms with Gasteiger partial charge >= 0.3 is 0 Å². The van der Waals surface area contributed by atoms with Crippen LogP contribution in [0, 0.1) is 0 Å². The fourth-order valence-corrected chi connectivity index (χ4v) is 1.69. The van der Waals surface area contributed by atoms with E-state index < -0.39 is 0 Å². The first-order chi connectivity index (χ1) is 4.86. The fourth-order valence-electron chi connectivity index (χ4n) is 1.69. The van der Waals surface area contributed by atoms with Crippen LogP contribution >= 0.6 is 0 Å². The largest absolute Gasteiger partial charge is 0.0770 e. The molecule has 2 rings (SSSR count). The Balaban J connectivity index is 2.39. The molecule has 0 saturated heterocycles. The summed E-state index contributed by atoms with van der Waals surface area (Å²) in [5.41, 5.74) is 4.47. The van der Waals surface area contributed by atoms with Gasteiger partial charge in [-0.05, 0) is 37.3 Å². The van der Waals surface area contributed by atoms with Crippen LogP contribution in [0.1, 0.15) is 26.2 Å². The van der Waals surface area contributed by atoms with Crippen LogP contribution < -0.4 is 0 Å². The summed E-state index contributed by atoms with van der Waals surface area (Å²) >= 11 is 0. The van der Waals surface area contributed by atoms with Crippen molar-refractivity contribution in [1.82, 2.24) is 0 Å². The molecule has 0 amide bonds. The molecule has 0 heteroatoms. The standard InChI is InChI=1S/C10H12/c1-8-6-9-4-2-3-5-10(9)7-8/h4,6-7H,2-3,5H2,1H3. The highest BCUT2D eigenvalue weighted by Gasteiger charge is 2.11. The minimum atomic E-state index is 1.27. The van der Waals surface area contributed by atoms with Crippen molar-refractivity contribution in [2.75, 3.05) is 0 Å². The molecule has 2 aliphatic carbocycles. The van der Waals surface area contributed by atoms with Crippen molar-refractivity contribution >= 4 is 0 Å². The van der Waals surface area contributed by atoms with E-state index in [0.29, 0.717) is 0 Å². The molecular formula is C10H12. The van der Waals surface area contributed by atoms with Gasteiger partial charge in [-0.1, -0.05) is 23.8 Å². The van der Waals surface area contributed by atoms with E-state index in [2.05, 4.69) is 25.2 Å². The molecule has 10 heavy (non-hydrogen) atoms. The molecule has 0 aromatic heterocycles. The van der Waals surface area contributed by atoms with E-state index in [4.69, 9.17) is 0 Å². The molecule has 0 saturated carbocycles. The Morgan fingerprint density at radius 3 is 3.00 bits per heavy atom. The summed E-state index contributed by atoms with van der Waals surface area (Å²) in [6.45, 7) is 2.17. The predicted octanol–water partition coefficient (Wildman–Crippen LogP) is 2.98. The van der Waals surface area contributed by atoms with Gasteiger partial charge in [-0.25, -0.2) is 0 Å². The van der Waals surface area contributed by atoms with Gasteiger partial charge in [0.2, 0.25) is 0 Å². The molecule has 52 valence electrons. The average molecular weight is 132 g/mol. The average Bonchev–Trinajstić information content (AvgIpc) is 2.27. The van der Waals surface area contributed by atoms with Crippen LogP contribution in [0.15, 0.2) is 34.9 Å². The number of allylic oxidation sites excluding steroid dienone is 6. The zero-order valence-corrected chi connectivity index (χ0v) is 6.35. The minimum Gasteiger partial charge on any atom is -0.0770 e. The van der Waals surface area contributed by atoms with Crippen molar-refractivity contribution in [2.45, 2.75) is 26.2 Å². The third-order valence-corrected chi connectivity index (χ3v) is 2.17. The molecule has 0 heterocycles. The highest BCUT2D eigenvalue weighted by molar-refractivity contribution is 5.53. The maximum absolute atomic E-state index is 2.35. The lowest BCUT2D eigenvalue weighted by atomic mass is 9.96. The second kappa shape index (κ2) is 2.12. The van der Waals surface area contributed by atoms with Crippen LogP contribution in [-0.2, 0) is 0 Å². The Morgan fingerprint density at radius 1 is 1.30 bits per heavy atom. The molecule has 0 radical (unpaired) electrons. The van der Waals surface area contributed by atoms with E-state index in [1.807, 2.05) is 0 Å². The number of hydrogen-bond acceptors (Lipinski definition) is 0. The summed E-state index contributed by atoms with van der Waals surface area (Å²) in [5, 5.41) is 0. The van der Waals surface area contributed by atoms with Crippen LogP contribution in [0.3, 0.4) is 0 Å². The van der Waals surface area contributed by atoms with E-state index in [0.717, 1.165) is 0 Å². The molecule has 0 fully saturated rings.